The highest BCUT2D eigenvalue weighted by molar-refractivity contribution is 5.30. The van der Waals surface area contributed by atoms with Crippen LogP contribution in [-0.2, 0) is 4.74 Å². The maximum Gasteiger partial charge on any atom is 0.119 e. The molecule has 3 nitrogen and oxygen atoms in total. The van der Waals surface area contributed by atoms with Crippen LogP contribution < -0.4 is 10.1 Å². The van der Waals surface area contributed by atoms with E-state index < -0.39 is 0 Å². The molecule has 1 aromatic rings. The fourth-order valence-electron chi connectivity index (χ4n) is 2.35. The minimum Gasteiger partial charge on any atom is -0.494 e. The molecule has 108 valence electrons. The van der Waals surface area contributed by atoms with Gasteiger partial charge in [0.2, 0.25) is 0 Å². The Hall–Kier alpha value is -1.06. The summed E-state index contributed by atoms with van der Waals surface area (Å²) < 4.78 is 11.4. The summed E-state index contributed by atoms with van der Waals surface area (Å²) in [5.41, 5.74) is 0.987. The van der Waals surface area contributed by atoms with Crippen LogP contribution in [0.25, 0.3) is 0 Å². The van der Waals surface area contributed by atoms with E-state index in [1.54, 1.807) is 0 Å². The molecule has 19 heavy (non-hydrogen) atoms. The molecule has 0 aliphatic heterocycles. The molecule has 0 bridgehead atoms. The van der Waals surface area contributed by atoms with Gasteiger partial charge in [0.25, 0.3) is 0 Å². The van der Waals surface area contributed by atoms with E-state index in [1.165, 1.54) is 5.56 Å². The lowest BCUT2D eigenvalue weighted by atomic mass is 9.91. The van der Waals surface area contributed by atoms with Crippen LogP contribution in [0.3, 0.4) is 0 Å². The maximum absolute atomic E-state index is 5.88. The number of benzene rings is 1. The summed E-state index contributed by atoms with van der Waals surface area (Å²) in [5, 5.41) is 3.51. The largest absolute Gasteiger partial charge is 0.494 e. The summed E-state index contributed by atoms with van der Waals surface area (Å²) >= 11 is 0. The second-order valence-corrected chi connectivity index (χ2v) is 5.03. The van der Waals surface area contributed by atoms with Gasteiger partial charge < -0.3 is 14.8 Å². The smallest absolute Gasteiger partial charge is 0.119 e. The number of ether oxygens (including phenoxy) is 2. The Kier molecular flexibility index (Phi) is 6.32. The molecule has 3 heteroatoms. The first-order valence-corrected chi connectivity index (χ1v) is 7.15. The van der Waals surface area contributed by atoms with Gasteiger partial charge in [0, 0.05) is 6.61 Å². The minimum absolute atomic E-state index is 0.174. The third-order valence-electron chi connectivity index (χ3n) is 3.14. The van der Waals surface area contributed by atoms with E-state index in [2.05, 4.69) is 38.2 Å². The van der Waals surface area contributed by atoms with E-state index in [4.69, 9.17) is 9.47 Å². The van der Waals surface area contributed by atoms with Crippen molar-refractivity contribution >= 4 is 0 Å². The molecule has 0 spiro atoms. The van der Waals surface area contributed by atoms with Gasteiger partial charge in [-0.15, -0.1) is 0 Å². The Morgan fingerprint density at radius 2 is 1.68 bits per heavy atom. The van der Waals surface area contributed by atoms with Crippen molar-refractivity contribution in [2.24, 2.45) is 0 Å². The second-order valence-electron chi connectivity index (χ2n) is 5.03. The molecule has 1 rings (SSSR count). The summed E-state index contributed by atoms with van der Waals surface area (Å²) in [7, 11) is 0. The third kappa shape index (κ3) is 4.51. The van der Waals surface area contributed by atoms with Crippen LogP contribution in [-0.4, -0.2) is 25.4 Å². The van der Waals surface area contributed by atoms with E-state index in [-0.39, 0.29) is 11.6 Å². The number of likely N-dealkylation sites (N-methyl/N-ethyl adjacent to an activating group) is 1. The molecule has 0 saturated heterocycles. The molecule has 0 radical (unpaired) electrons. The lowest BCUT2D eigenvalue weighted by Gasteiger charge is -2.35. The molecule has 0 aliphatic rings. The van der Waals surface area contributed by atoms with Crippen molar-refractivity contribution in [3.63, 3.8) is 0 Å². The first-order valence-electron chi connectivity index (χ1n) is 7.15. The quantitative estimate of drug-likeness (QED) is 0.779. The molecule has 0 fully saturated rings. The minimum atomic E-state index is -0.238. The lowest BCUT2D eigenvalue weighted by Crippen LogP contribution is -2.41. The van der Waals surface area contributed by atoms with Crippen LogP contribution in [0.1, 0.15) is 46.2 Å². The molecule has 0 amide bonds. The predicted molar refractivity (Wildman–Crippen MR) is 79.7 cm³/mol. The first kappa shape index (κ1) is 16.0. The van der Waals surface area contributed by atoms with E-state index >= 15 is 0 Å². The molecule has 0 aromatic heterocycles. The van der Waals surface area contributed by atoms with Crippen molar-refractivity contribution in [2.75, 3.05) is 19.8 Å². The topological polar surface area (TPSA) is 30.5 Å². The highest BCUT2D eigenvalue weighted by Gasteiger charge is 2.30. The van der Waals surface area contributed by atoms with Crippen LogP contribution in [0.5, 0.6) is 5.75 Å². The molecular formula is C16H27NO2. The highest BCUT2D eigenvalue weighted by Crippen LogP contribution is 2.30. The first-order chi connectivity index (χ1) is 9.05. The molecule has 0 saturated carbocycles. The molecule has 0 aliphatic carbocycles. The van der Waals surface area contributed by atoms with Gasteiger partial charge in [-0.05, 0) is 51.9 Å². The van der Waals surface area contributed by atoms with Gasteiger partial charge in [0.05, 0.1) is 18.2 Å². The van der Waals surface area contributed by atoms with Gasteiger partial charge in [-0.2, -0.15) is 0 Å². The van der Waals surface area contributed by atoms with Crippen LogP contribution in [0.15, 0.2) is 24.3 Å². The maximum atomic E-state index is 5.88. The highest BCUT2D eigenvalue weighted by atomic mass is 16.5. The lowest BCUT2D eigenvalue weighted by molar-refractivity contribution is -0.0388. The summed E-state index contributed by atoms with van der Waals surface area (Å²) in [4.78, 5) is 0. The molecule has 1 N–H and O–H groups in total. The molecular weight excluding hydrogens is 238 g/mol. The summed E-state index contributed by atoms with van der Waals surface area (Å²) in [6.45, 7) is 12.7. The fourth-order valence-corrected chi connectivity index (χ4v) is 2.35. The van der Waals surface area contributed by atoms with Crippen LogP contribution in [0.4, 0.5) is 0 Å². The zero-order chi connectivity index (χ0) is 14.3. The van der Waals surface area contributed by atoms with E-state index in [0.29, 0.717) is 13.2 Å². The average Bonchev–Trinajstić information content (AvgIpc) is 2.37. The molecule has 1 unspecified atom stereocenters. The zero-order valence-electron chi connectivity index (χ0n) is 12.8. The second kappa shape index (κ2) is 7.51. The summed E-state index contributed by atoms with van der Waals surface area (Å²) in [6, 6.07) is 8.43. The Morgan fingerprint density at radius 1 is 1.05 bits per heavy atom. The van der Waals surface area contributed by atoms with Crippen LogP contribution in [0.2, 0.25) is 0 Å². The van der Waals surface area contributed by atoms with Crippen molar-refractivity contribution in [2.45, 2.75) is 46.3 Å². The summed E-state index contributed by atoms with van der Waals surface area (Å²) in [6.07, 6.45) is 0. The number of hydrogen-bond acceptors (Lipinski definition) is 3. The standard InChI is InChI=1S/C16H27NO2/c1-6-17-15(16(4,5)19-8-3)13-9-11-14(12-10-13)18-7-2/h9-12,15,17H,6-8H2,1-5H3. The van der Waals surface area contributed by atoms with Crippen molar-refractivity contribution in [3.05, 3.63) is 29.8 Å². The van der Waals surface area contributed by atoms with Gasteiger partial charge in [-0.3, -0.25) is 0 Å². The van der Waals surface area contributed by atoms with Gasteiger partial charge >= 0.3 is 0 Å². The summed E-state index contributed by atoms with van der Waals surface area (Å²) in [5.74, 6) is 0.913. The van der Waals surface area contributed by atoms with Gasteiger partial charge in [0.1, 0.15) is 5.75 Å². The van der Waals surface area contributed by atoms with Crippen molar-refractivity contribution in [1.29, 1.82) is 0 Å². The average molecular weight is 265 g/mol. The Morgan fingerprint density at radius 3 is 2.16 bits per heavy atom. The van der Waals surface area contributed by atoms with Crippen LogP contribution in [0, 0.1) is 0 Å². The van der Waals surface area contributed by atoms with E-state index in [1.807, 2.05) is 26.0 Å². The number of rotatable bonds is 8. The number of hydrogen-bond donors (Lipinski definition) is 1. The van der Waals surface area contributed by atoms with Gasteiger partial charge in [0.15, 0.2) is 0 Å². The van der Waals surface area contributed by atoms with Gasteiger partial charge in [-0.1, -0.05) is 19.1 Å². The molecule has 1 atom stereocenters. The van der Waals surface area contributed by atoms with E-state index in [9.17, 15) is 0 Å². The predicted octanol–water partition coefficient (Wildman–Crippen LogP) is 3.55. The fraction of sp³-hybridized carbons (Fsp3) is 0.625. The number of nitrogens with one attached hydrogen (secondary N) is 1. The van der Waals surface area contributed by atoms with Crippen LogP contribution >= 0.6 is 0 Å². The zero-order valence-corrected chi connectivity index (χ0v) is 12.8. The Balaban J connectivity index is 2.92. The third-order valence-corrected chi connectivity index (χ3v) is 3.14. The van der Waals surface area contributed by atoms with Crippen molar-refractivity contribution in [3.8, 4) is 5.75 Å². The molecule has 0 heterocycles. The van der Waals surface area contributed by atoms with Gasteiger partial charge in [-0.25, -0.2) is 0 Å². The normalized spacial score (nSPS) is 13.3. The van der Waals surface area contributed by atoms with Crippen molar-refractivity contribution in [1.82, 2.24) is 5.32 Å². The van der Waals surface area contributed by atoms with Crippen molar-refractivity contribution < 1.29 is 9.47 Å². The Labute approximate surface area is 117 Å². The Bertz CT molecular complexity index is 360. The SMILES string of the molecule is CCNC(c1ccc(OCC)cc1)C(C)(C)OCC. The molecule has 1 aromatic carbocycles. The monoisotopic (exact) mass is 265 g/mol. The van der Waals surface area contributed by atoms with E-state index in [0.717, 1.165) is 12.3 Å².